The Balaban J connectivity index is 1.61. The summed E-state index contributed by atoms with van der Waals surface area (Å²) in [7, 11) is 0. The van der Waals surface area contributed by atoms with Crippen LogP contribution in [0.4, 0.5) is 14.5 Å². The SMILES string of the molecule is Cc1nn(-c2ccc(F)cc2)c(C)c1/C=C/C(=O)OCC(=O)Nc1ccc(F)cc1Cl. The lowest BCUT2D eigenvalue weighted by Crippen LogP contribution is -2.20. The molecule has 6 nitrogen and oxygen atoms in total. The quantitative estimate of drug-likeness (QED) is 0.444. The molecule has 160 valence electrons. The zero-order chi connectivity index (χ0) is 22.5. The van der Waals surface area contributed by atoms with Gasteiger partial charge < -0.3 is 10.1 Å². The molecule has 0 aliphatic carbocycles. The van der Waals surface area contributed by atoms with Crippen LogP contribution in [0.2, 0.25) is 5.02 Å². The molecule has 0 aliphatic heterocycles. The number of halogens is 3. The molecule has 0 spiro atoms. The number of benzene rings is 2. The van der Waals surface area contributed by atoms with Gasteiger partial charge in [0.25, 0.3) is 5.91 Å². The van der Waals surface area contributed by atoms with Gasteiger partial charge in [-0.05, 0) is 62.4 Å². The molecule has 3 aromatic rings. The molecule has 0 saturated carbocycles. The number of rotatable bonds is 6. The number of carbonyl (C=O) groups is 2. The van der Waals surface area contributed by atoms with Gasteiger partial charge in [-0.15, -0.1) is 0 Å². The summed E-state index contributed by atoms with van der Waals surface area (Å²) in [6, 6.07) is 9.38. The van der Waals surface area contributed by atoms with Crippen molar-refractivity contribution in [2.75, 3.05) is 11.9 Å². The zero-order valence-electron chi connectivity index (χ0n) is 16.7. The number of amides is 1. The van der Waals surface area contributed by atoms with E-state index in [2.05, 4.69) is 10.4 Å². The highest BCUT2D eigenvalue weighted by Gasteiger charge is 2.12. The summed E-state index contributed by atoms with van der Waals surface area (Å²) in [5.41, 5.74) is 3.00. The van der Waals surface area contributed by atoms with Gasteiger partial charge >= 0.3 is 5.97 Å². The van der Waals surface area contributed by atoms with Crippen LogP contribution >= 0.6 is 11.6 Å². The Hall–Kier alpha value is -3.52. The number of nitrogens with zero attached hydrogens (tertiary/aromatic N) is 2. The molecule has 0 fully saturated rings. The number of carbonyl (C=O) groups excluding carboxylic acids is 2. The third kappa shape index (κ3) is 5.55. The Morgan fingerprint density at radius 2 is 1.81 bits per heavy atom. The maximum Gasteiger partial charge on any atom is 0.331 e. The zero-order valence-corrected chi connectivity index (χ0v) is 17.4. The number of hydrogen-bond acceptors (Lipinski definition) is 4. The second-order valence-electron chi connectivity index (χ2n) is 6.59. The van der Waals surface area contributed by atoms with Crippen molar-refractivity contribution in [1.82, 2.24) is 9.78 Å². The van der Waals surface area contributed by atoms with Crippen molar-refractivity contribution in [3.63, 3.8) is 0 Å². The van der Waals surface area contributed by atoms with Crippen LogP contribution in [-0.4, -0.2) is 28.3 Å². The van der Waals surface area contributed by atoms with Crippen molar-refractivity contribution in [3.05, 3.63) is 82.1 Å². The molecule has 3 rings (SSSR count). The van der Waals surface area contributed by atoms with Gasteiger partial charge in [0.15, 0.2) is 6.61 Å². The molecule has 9 heteroatoms. The van der Waals surface area contributed by atoms with Crippen LogP contribution in [-0.2, 0) is 14.3 Å². The van der Waals surface area contributed by atoms with E-state index >= 15 is 0 Å². The van der Waals surface area contributed by atoms with Gasteiger partial charge in [0, 0.05) is 17.3 Å². The van der Waals surface area contributed by atoms with Crippen molar-refractivity contribution in [2.45, 2.75) is 13.8 Å². The van der Waals surface area contributed by atoms with Crippen molar-refractivity contribution < 1.29 is 23.1 Å². The molecule has 1 amide bonds. The van der Waals surface area contributed by atoms with E-state index in [0.717, 1.165) is 17.8 Å². The highest BCUT2D eigenvalue weighted by atomic mass is 35.5. The molecule has 1 N–H and O–H groups in total. The first-order valence-corrected chi connectivity index (χ1v) is 9.54. The molecular formula is C22H18ClF2N3O3. The van der Waals surface area contributed by atoms with E-state index in [4.69, 9.17) is 16.3 Å². The molecule has 31 heavy (non-hydrogen) atoms. The average Bonchev–Trinajstić information content (AvgIpc) is 3.01. The minimum absolute atomic E-state index is 0.0312. The summed E-state index contributed by atoms with van der Waals surface area (Å²) in [6.45, 7) is 3.05. The van der Waals surface area contributed by atoms with Crippen LogP contribution in [0.3, 0.4) is 0 Å². The van der Waals surface area contributed by atoms with Gasteiger partial charge in [-0.2, -0.15) is 5.10 Å². The standard InChI is InChI=1S/C22H18ClF2N3O3/c1-13-18(14(2)28(27-13)17-6-3-15(24)4-7-17)8-10-22(30)31-12-21(29)26-20-9-5-16(25)11-19(20)23/h3-11H,12H2,1-2H3,(H,26,29)/b10-8+. The predicted molar refractivity (Wildman–Crippen MR) is 113 cm³/mol. The second-order valence-corrected chi connectivity index (χ2v) is 6.99. The van der Waals surface area contributed by atoms with E-state index in [0.29, 0.717) is 16.9 Å². The maximum absolute atomic E-state index is 13.1. The Bertz CT molecular complexity index is 1160. The molecule has 2 aromatic carbocycles. The highest BCUT2D eigenvalue weighted by molar-refractivity contribution is 6.33. The number of aryl methyl sites for hydroxylation is 1. The molecule has 0 saturated heterocycles. The first-order valence-electron chi connectivity index (χ1n) is 9.16. The van der Waals surface area contributed by atoms with E-state index < -0.39 is 24.3 Å². The summed E-state index contributed by atoms with van der Waals surface area (Å²) in [5.74, 6) is -2.23. The first-order chi connectivity index (χ1) is 14.7. The summed E-state index contributed by atoms with van der Waals surface area (Å²) in [5, 5.41) is 6.87. The third-order valence-electron chi connectivity index (χ3n) is 4.36. The number of aromatic nitrogens is 2. The monoisotopic (exact) mass is 445 g/mol. The lowest BCUT2D eigenvalue weighted by molar-refractivity contribution is -0.142. The molecule has 1 aromatic heterocycles. The third-order valence-corrected chi connectivity index (χ3v) is 4.67. The van der Waals surface area contributed by atoms with Crippen LogP contribution in [0.1, 0.15) is 17.0 Å². The second kappa shape index (κ2) is 9.53. The molecule has 0 atom stereocenters. The van der Waals surface area contributed by atoms with E-state index in [9.17, 15) is 18.4 Å². The minimum Gasteiger partial charge on any atom is -0.452 e. The highest BCUT2D eigenvalue weighted by Crippen LogP contribution is 2.22. The lowest BCUT2D eigenvalue weighted by Gasteiger charge is -2.07. The fraction of sp³-hybridized carbons (Fsp3) is 0.136. The maximum atomic E-state index is 13.1. The summed E-state index contributed by atoms with van der Waals surface area (Å²) in [6.07, 6.45) is 2.72. The van der Waals surface area contributed by atoms with E-state index in [1.165, 1.54) is 30.4 Å². The summed E-state index contributed by atoms with van der Waals surface area (Å²) < 4.78 is 32.7. The van der Waals surface area contributed by atoms with Crippen molar-refractivity contribution in [3.8, 4) is 5.69 Å². The smallest absolute Gasteiger partial charge is 0.331 e. The summed E-state index contributed by atoms with van der Waals surface area (Å²) in [4.78, 5) is 23.9. The van der Waals surface area contributed by atoms with Crippen molar-refractivity contribution >= 4 is 35.2 Å². The number of ether oxygens (including phenoxy) is 1. The molecule has 0 unspecified atom stereocenters. The van der Waals surface area contributed by atoms with E-state index in [1.807, 2.05) is 6.92 Å². The minimum atomic E-state index is -0.728. The van der Waals surface area contributed by atoms with Crippen LogP contribution < -0.4 is 5.32 Å². The summed E-state index contributed by atoms with van der Waals surface area (Å²) >= 11 is 5.84. The molecule has 1 heterocycles. The van der Waals surface area contributed by atoms with Gasteiger partial charge in [-0.3, -0.25) is 4.79 Å². The fourth-order valence-corrected chi connectivity index (χ4v) is 3.06. The average molecular weight is 446 g/mol. The van der Waals surface area contributed by atoms with Gasteiger partial charge in [-0.25, -0.2) is 18.3 Å². The van der Waals surface area contributed by atoms with Gasteiger partial charge in [0.1, 0.15) is 11.6 Å². The van der Waals surface area contributed by atoms with Crippen LogP contribution in [0.15, 0.2) is 48.5 Å². The van der Waals surface area contributed by atoms with E-state index in [1.54, 1.807) is 23.7 Å². The Morgan fingerprint density at radius 1 is 1.13 bits per heavy atom. The Kier molecular flexibility index (Phi) is 6.81. The normalized spacial score (nSPS) is 11.0. The van der Waals surface area contributed by atoms with Crippen LogP contribution in [0.25, 0.3) is 11.8 Å². The number of nitrogens with one attached hydrogen (secondary N) is 1. The number of esters is 1. The number of anilines is 1. The van der Waals surface area contributed by atoms with Crippen LogP contribution in [0.5, 0.6) is 0 Å². The number of hydrogen-bond donors (Lipinski definition) is 1. The van der Waals surface area contributed by atoms with Crippen molar-refractivity contribution in [1.29, 1.82) is 0 Å². The Morgan fingerprint density at radius 3 is 2.48 bits per heavy atom. The largest absolute Gasteiger partial charge is 0.452 e. The predicted octanol–water partition coefficient (Wildman–Crippen LogP) is 4.62. The molecule has 0 radical (unpaired) electrons. The molecule has 0 bridgehead atoms. The van der Waals surface area contributed by atoms with Crippen LogP contribution in [0, 0.1) is 25.5 Å². The van der Waals surface area contributed by atoms with Gasteiger partial charge in [0.2, 0.25) is 0 Å². The molecular weight excluding hydrogens is 428 g/mol. The van der Waals surface area contributed by atoms with Gasteiger partial charge in [-0.1, -0.05) is 11.6 Å². The Labute approximate surface area is 182 Å². The topological polar surface area (TPSA) is 73.2 Å². The van der Waals surface area contributed by atoms with Crippen molar-refractivity contribution in [2.24, 2.45) is 0 Å². The lowest BCUT2D eigenvalue weighted by atomic mass is 10.2. The molecule has 0 aliphatic rings. The first kappa shape index (κ1) is 22.2. The fourth-order valence-electron chi connectivity index (χ4n) is 2.84. The van der Waals surface area contributed by atoms with E-state index in [-0.39, 0.29) is 16.5 Å². The van der Waals surface area contributed by atoms with Gasteiger partial charge in [0.05, 0.1) is 22.1 Å².